The van der Waals surface area contributed by atoms with Crippen molar-refractivity contribution in [2.75, 3.05) is 0 Å². The van der Waals surface area contributed by atoms with E-state index < -0.39 is 17.2 Å². The predicted octanol–water partition coefficient (Wildman–Crippen LogP) is 8.15. The first kappa shape index (κ1) is 26.8. The van der Waals surface area contributed by atoms with E-state index in [0.717, 1.165) is 24.4 Å². The SMILES string of the molecule is C=C(NC(C)C(Cc1ccc(Cl)cc1)c1cccc(C)c1)C(C)(C)Cc1ccc(C(F)(F)F)cn1. The van der Waals surface area contributed by atoms with Crippen LogP contribution in [0, 0.1) is 12.3 Å². The van der Waals surface area contributed by atoms with Crippen molar-refractivity contribution < 1.29 is 13.2 Å². The minimum atomic E-state index is -4.39. The highest BCUT2D eigenvalue weighted by atomic mass is 35.5. The number of hydrogen-bond acceptors (Lipinski definition) is 2. The van der Waals surface area contributed by atoms with Gasteiger partial charge in [0, 0.05) is 46.4 Å². The number of rotatable bonds is 9. The minimum absolute atomic E-state index is 0.0554. The average molecular weight is 501 g/mol. The van der Waals surface area contributed by atoms with Gasteiger partial charge in [-0.2, -0.15) is 13.2 Å². The van der Waals surface area contributed by atoms with Crippen LogP contribution >= 0.6 is 11.6 Å². The normalized spacial score (nSPS) is 13.8. The van der Waals surface area contributed by atoms with E-state index in [1.165, 1.54) is 22.8 Å². The van der Waals surface area contributed by atoms with Crippen molar-refractivity contribution >= 4 is 11.6 Å². The highest BCUT2D eigenvalue weighted by Gasteiger charge is 2.31. The summed E-state index contributed by atoms with van der Waals surface area (Å²) in [5, 5.41) is 4.30. The molecule has 0 aliphatic carbocycles. The molecule has 1 heterocycles. The van der Waals surface area contributed by atoms with Crippen LogP contribution in [0.25, 0.3) is 0 Å². The van der Waals surface area contributed by atoms with Crippen LogP contribution in [0.4, 0.5) is 13.2 Å². The van der Waals surface area contributed by atoms with Crippen LogP contribution in [0.5, 0.6) is 0 Å². The molecule has 35 heavy (non-hydrogen) atoms. The molecule has 6 heteroatoms. The lowest BCUT2D eigenvalue weighted by Crippen LogP contribution is -2.38. The minimum Gasteiger partial charge on any atom is -0.385 e. The summed E-state index contributed by atoms with van der Waals surface area (Å²) >= 11 is 6.08. The molecule has 0 spiro atoms. The molecule has 1 N–H and O–H groups in total. The van der Waals surface area contributed by atoms with Crippen molar-refractivity contribution in [2.45, 2.75) is 58.7 Å². The van der Waals surface area contributed by atoms with Gasteiger partial charge in [0.15, 0.2) is 0 Å². The Morgan fingerprint density at radius 2 is 1.74 bits per heavy atom. The smallest absolute Gasteiger partial charge is 0.385 e. The zero-order valence-electron chi connectivity index (χ0n) is 20.6. The average Bonchev–Trinajstić information content (AvgIpc) is 2.78. The second-order valence-electron chi connectivity index (χ2n) is 9.86. The van der Waals surface area contributed by atoms with Gasteiger partial charge in [-0.1, -0.05) is 74.0 Å². The Bertz CT molecular complexity index is 1140. The third-order valence-electron chi connectivity index (χ3n) is 6.44. The second kappa shape index (κ2) is 10.9. The van der Waals surface area contributed by atoms with Crippen molar-refractivity contribution in [3.8, 4) is 0 Å². The molecule has 3 aromatic rings. The second-order valence-corrected chi connectivity index (χ2v) is 10.3. The van der Waals surface area contributed by atoms with Crippen LogP contribution in [0.15, 0.2) is 79.1 Å². The van der Waals surface area contributed by atoms with Gasteiger partial charge in [-0.25, -0.2) is 0 Å². The first-order valence-corrected chi connectivity index (χ1v) is 12.0. The van der Waals surface area contributed by atoms with Gasteiger partial charge in [0.05, 0.1) is 5.56 Å². The van der Waals surface area contributed by atoms with Crippen LogP contribution in [-0.4, -0.2) is 11.0 Å². The highest BCUT2D eigenvalue weighted by Crippen LogP contribution is 2.33. The maximum atomic E-state index is 12.9. The molecule has 2 atom stereocenters. The molecule has 0 bridgehead atoms. The first-order chi connectivity index (χ1) is 16.3. The molecule has 0 fully saturated rings. The van der Waals surface area contributed by atoms with E-state index in [2.05, 4.69) is 55.0 Å². The summed E-state index contributed by atoms with van der Waals surface area (Å²) in [4.78, 5) is 4.05. The highest BCUT2D eigenvalue weighted by molar-refractivity contribution is 6.30. The Morgan fingerprint density at radius 1 is 1.06 bits per heavy atom. The summed E-state index contributed by atoms with van der Waals surface area (Å²) in [5.41, 5.74) is 3.87. The van der Waals surface area contributed by atoms with E-state index in [9.17, 15) is 13.2 Å². The van der Waals surface area contributed by atoms with E-state index in [0.29, 0.717) is 17.1 Å². The molecular formula is C29H32ClF3N2. The Labute approximate surface area is 211 Å². The van der Waals surface area contributed by atoms with Crippen LogP contribution in [0.2, 0.25) is 5.02 Å². The fourth-order valence-corrected chi connectivity index (χ4v) is 4.31. The van der Waals surface area contributed by atoms with Crippen molar-refractivity contribution in [3.05, 3.63) is 112 Å². The zero-order chi connectivity index (χ0) is 25.8. The van der Waals surface area contributed by atoms with Gasteiger partial charge in [0.25, 0.3) is 0 Å². The van der Waals surface area contributed by atoms with Crippen LogP contribution in [0.1, 0.15) is 54.6 Å². The monoisotopic (exact) mass is 500 g/mol. The van der Waals surface area contributed by atoms with Gasteiger partial charge in [-0.15, -0.1) is 0 Å². The molecule has 0 aliphatic rings. The van der Waals surface area contributed by atoms with Crippen LogP contribution < -0.4 is 5.32 Å². The molecule has 0 radical (unpaired) electrons. The topological polar surface area (TPSA) is 24.9 Å². The number of nitrogens with one attached hydrogen (secondary N) is 1. The van der Waals surface area contributed by atoms with E-state index >= 15 is 0 Å². The Kier molecular flexibility index (Phi) is 8.32. The van der Waals surface area contributed by atoms with E-state index in [-0.39, 0.29) is 12.0 Å². The Morgan fingerprint density at radius 3 is 2.31 bits per heavy atom. The number of aryl methyl sites for hydroxylation is 1. The molecule has 0 amide bonds. The zero-order valence-corrected chi connectivity index (χ0v) is 21.3. The maximum absolute atomic E-state index is 12.9. The number of hydrogen-bond donors (Lipinski definition) is 1. The quantitative estimate of drug-likeness (QED) is 0.320. The molecule has 2 aromatic carbocycles. The van der Waals surface area contributed by atoms with Gasteiger partial charge >= 0.3 is 6.18 Å². The third-order valence-corrected chi connectivity index (χ3v) is 6.69. The number of allylic oxidation sites excluding steroid dienone is 1. The lowest BCUT2D eigenvalue weighted by Gasteiger charge is -2.34. The molecular weight excluding hydrogens is 469 g/mol. The lowest BCUT2D eigenvalue weighted by atomic mass is 9.82. The van der Waals surface area contributed by atoms with Crippen LogP contribution in [-0.2, 0) is 19.0 Å². The van der Waals surface area contributed by atoms with Gasteiger partial charge in [-0.3, -0.25) is 4.98 Å². The Hall–Kier alpha value is -2.79. The summed E-state index contributed by atoms with van der Waals surface area (Å²) < 4.78 is 38.6. The van der Waals surface area contributed by atoms with Crippen molar-refractivity contribution in [2.24, 2.45) is 5.41 Å². The molecule has 2 nitrogen and oxygen atoms in total. The summed E-state index contributed by atoms with van der Waals surface area (Å²) in [6.45, 7) is 12.6. The number of pyridine rings is 1. The lowest BCUT2D eigenvalue weighted by molar-refractivity contribution is -0.137. The fourth-order valence-electron chi connectivity index (χ4n) is 4.19. The number of aromatic nitrogens is 1. The number of nitrogens with zero attached hydrogens (tertiary/aromatic N) is 1. The number of alkyl halides is 3. The fraction of sp³-hybridized carbons (Fsp3) is 0.345. The summed E-state index contributed by atoms with van der Waals surface area (Å²) in [5.74, 6) is 0.174. The van der Waals surface area contributed by atoms with Crippen molar-refractivity contribution in [1.29, 1.82) is 0 Å². The van der Waals surface area contributed by atoms with Crippen molar-refractivity contribution in [1.82, 2.24) is 10.3 Å². The largest absolute Gasteiger partial charge is 0.417 e. The Balaban J connectivity index is 1.76. The molecule has 1 aromatic heterocycles. The third kappa shape index (κ3) is 7.35. The van der Waals surface area contributed by atoms with Crippen LogP contribution in [0.3, 0.4) is 0 Å². The summed E-state index contributed by atoms with van der Waals surface area (Å²) in [7, 11) is 0. The molecule has 186 valence electrons. The van der Waals surface area contributed by atoms with Crippen molar-refractivity contribution in [3.63, 3.8) is 0 Å². The standard InChI is InChI=1S/C29H32ClF3N2/c1-19-7-6-8-23(15-19)27(16-22-9-12-25(30)13-10-22)20(2)35-21(3)28(4,5)17-26-14-11-24(18-34-26)29(31,32)33/h6-15,18,20,27,35H,3,16-17H2,1-2,4-5H3. The number of benzene rings is 2. The molecule has 2 unspecified atom stereocenters. The van der Waals surface area contributed by atoms with E-state index in [1.807, 2.05) is 38.1 Å². The van der Waals surface area contributed by atoms with E-state index in [4.69, 9.17) is 11.6 Å². The summed E-state index contributed by atoms with van der Waals surface area (Å²) in [6, 6.07) is 19.0. The van der Waals surface area contributed by atoms with E-state index in [1.54, 1.807) is 0 Å². The maximum Gasteiger partial charge on any atom is 0.417 e. The van der Waals surface area contributed by atoms with Gasteiger partial charge in [0.1, 0.15) is 0 Å². The number of halogens is 4. The van der Waals surface area contributed by atoms with Gasteiger partial charge < -0.3 is 5.32 Å². The molecule has 3 rings (SSSR count). The molecule has 0 aliphatic heterocycles. The summed E-state index contributed by atoms with van der Waals surface area (Å²) in [6.07, 6.45) is -2.21. The predicted molar refractivity (Wildman–Crippen MR) is 138 cm³/mol. The first-order valence-electron chi connectivity index (χ1n) is 11.6. The molecule has 0 saturated carbocycles. The van der Waals surface area contributed by atoms with Gasteiger partial charge in [0.2, 0.25) is 0 Å². The molecule has 0 saturated heterocycles. The van der Waals surface area contributed by atoms with Gasteiger partial charge in [-0.05, 0) is 55.7 Å².